The SMILES string of the molecule is C[C@H]1CCNC2=C[C@@H](O)CCC21. The van der Waals surface area contributed by atoms with Gasteiger partial charge in [0.15, 0.2) is 0 Å². The van der Waals surface area contributed by atoms with Crippen molar-refractivity contribution in [1.29, 1.82) is 0 Å². The van der Waals surface area contributed by atoms with Crippen molar-refractivity contribution < 1.29 is 5.11 Å². The van der Waals surface area contributed by atoms with E-state index in [9.17, 15) is 5.11 Å². The lowest BCUT2D eigenvalue weighted by Gasteiger charge is -2.36. The van der Waals surface area contributed by atoms with E-state index in [0.717, 1.165) is 25.3 Å². The normalized spacial score (nSPS) is 41.2. The van der Waals surface area contributed by atoms with Gasteiger partial charge in [-0.1, -0.05) is 6.92 Å². The van der Waals surface area contributed by atoms with Crippen LogP contribution in [0.2, 0.25) is 0 Å². The number of nitrogens with one attached hydrogen (secondary N) is 1. The Bertz CT molecular complexity index is 200. The van der Waals surface area contributed by atoms with Crippen LogP contribution in [0, 0.1) is 11.8 Å². The molecule has 0 spiro atoms. The molecule has 68 valence electrons. The van der Waals surface area contributed by atoms with Gasteiger partial charge in [-0.25, -0.2) is 0 Å². The van der Waals surface area contributed by atoms with Gasteiger partial charge in [0, 0.05) is 18.2 Å². The van der Waals surface area contributed by atoms with Crippen LogP contribution in [0.5, 0.6) is 0 Å². The average molecular weight is 167 g/mol. The zero-order valence-electron chi connectivity index (χ0n) is 7.59. The molecule has 2 rings (SSSR count). The Morgan fingerprint density at radius 1 is 1.42 bits per heavy atom. The first-order valence-corrected chi connectivity index (χ1v) is 4.91. The quantitative estimate of drug-likeness (QED) is 0.569. The number of aliphatic hydroxyl groups excluding tert-OH is 1. The number of piperidine rings is 1. The number of aliphatic hydroxyl groups is 1. The Labute approximate surface area is 73.7 Å². The van der Waals surface area contributed by atoms with E-state index in [-0.39, 0.29) is 6.10 Å². The van der Waals surface area contributed by atoms with Gasteiger partial charge in [0.25, 0.3) is 0 Å². The molecular weight excluding hydrogens is 150 g/mol. The molecule has 1 unspecified atom stereocenters. The summed E-state index contributed by atoms with van der Waals surface area (Å²) >= 11 is 0. The lowest BCUT2D eigenvalue weighted by molar-refractivity contribution is 0.168. The van der Waals surface area contributed by atoms with Crippen LogP contribution in [0.3, 0.4) is 0 Å². The maximum atomic E-state index is 9.42. The summed E-state index contributed by atoms with van der Waals surface area (Å²) in [6, 6.07) is 0. The molecule has 0 amide bonds. The van der Waals surface area contributed by atoms with Gasteiger partial charge < -0.3 is 10.4 Å². The van der Waals surface area contributed by atoms with Gasteiger partial charge in [-0.15, -0.1) is 0 Å². The highest BCUT2D eigenvalue weighted by Crippen LogP contribution is 2.33. The summed E-state index contributed by atoms with van der Waals surface area (Å²) in [4.78, 5) is 0. The first-order chi connectivity index (χ1) is 5.77. The molecular formula is C10H17NO. The molecule has 1 saturated heterocycles. The number of rotatable bonds is 0. The van der Waals surface area contributed by atoms with Crippen LogP contribution in [0.15, 0.2) is 11.8 Å². The van der Waals surface area contributed by atoms with Gasteiger partial charge in [0.2, 0.25) is 0 Å². The van der Waals surface area contributed by atoms with Crippen LogP contribution in [0.4, 0.5) is 0 Å². The van der Waals surface area contributed by atoms with Crippen LogP contribution >= 0.6 is 0 Å². The second-order valence-electron chi connectivity index (χ2n) is 4.07. The highest BCUT2D eigenvalue weighted by Gasteiger charge is 2.29. The van der Waals surface area contributed by atoms with Crippen molar-refractivity contribution in [3.63, 3.8) is 0 Å². The van der Waals surface area contributed by atoms with E-state index in [1.807, 2.05) is 6.08 Å². The fraction of sp³-hybridized carbons (Fsp3) is 0.800. The second-order valence-corrected chi connectivity index (χ2v) is 4.07. The highest BCUT2D eigenvalue weighted by atomic mass is 16.3. The highest BCUT2D eigenvalue weighted by molar-refractivity contribution is 5.14. The van der Waals surface area contributed by atoms with E-state index < -0.39 is 0 Å². The summed E-state index contributed by atoms with van der Waals surface area (Å²) in [6.45, 7) is 3.40. The van der Waals surface area contributed by atoms with Crippen LogP contribution in [-0.4, -0.2) is 17.8 Å². The lowest BCUT2D eigenvalue weighted by atomic mass is 9.78. The maximum Gasteiger partial charge on any atom is 0.0740 e. The Balaban J connectivity index is 2.15. The topological polar surface area (TPSA) is 32.3 Å². The molecule has 3 atom stereocenters. The molecule has 0 aromatic carbocycles. The number of hydrogen-bond donors (Lipinski definition) is 2. The number of hydrogen-bond acceptors (Lipinski definition) is 2. The van der Waals surface area contributed by atoms with Crippen LogP contribution in [0.1, 0.15) is 26.2 Å². The number of fused-ring (bicyclic) bond motifs is 1. The predicted octanol–water partition coefficient (Wildman–Crippen LogP) is 1.27. The van der Waals surface area contributed by atoms with Crippen LogP contribution in [0.25, 0.3) is 0 Å². The van der Waals surface area contributed by atoms with Gasteiger partial charge >= 0.3 is 0 Å². The lowest BCUT2D eigenvalue weighted by Crippen LogP contribution is -2.36. The number of allylic oxidation sites excluding steroid dienone is 1. The Morgan fingerprint density at radius 2 is 2.25 bits per heavy atom. The smallest absolute Gasteiger partial charge is 0.0740 e. The van der Waals surface area contributed by atoms with Gasteiger partial charge in [-0.3, -0.25) is 0 Å². The fourth-order valence-electron chi connectivity index (χ4n) is 2.35. The van der Waals surface area contributed by atoms with E-state index in [2.05, 4.69) is 12.2 Å². The molecule has 0 radical (unpaired) electrons. The minimum absolute atomic E-state index is 0.200. The Morgan fingerprint density at radius 3 is 3.08 bits per heavy atom. The molecule has 12 heavy (non-hydrogen) atoms. The van der Waals surface area contributed by atoms with E-state index in [1.54, 1.807) is 0 Å². The van der Waals surface area contributed by atoms with Crippen molar-refractivity contribution in [3.05, 3.63) is 11.8 Å². The molecule has 2 nitrogen and oxygen atoms in total. The molecule has 1 heterocycles. The molecule has 1 aliphatic heterocycles. The summed E-state index contributed by atoms with van der Waals surface area (Å²) in [6.07, 6.45) is 5.18. The third-order valence-electron chi connectivity index (χ3n) is 3.16. The van der Waals surface area contributed by atoms with Gasteiger partial charge in [0.05, 0.1) is 6.10 Å². The summed E-state index contributed by atoms with van der Waals surface area (Å²) in [5.74, 6) is 1.49. The van der Waals surface area contributed by atoms with Crippen molar-refractivity contribution in [2.75, 3.05) is 6.54 Å². The van der Waals surface area contributed by atoms with Crippen molar-refractivity contribution in [1.82, 2.24) is 5.32 Å². The molecule has 1 aliphatic carbocycles. The Hall–Kier alpha value is -0.500. The molecule has 2 aliphatic rings. The molecule has 0 aromatic rings. The molecule has 0 bridgehead atoms. The van der Waals surface area contributed by atoms with E-state index in [4.69, 9.17) is 0 Å². The van der Waals surface area contributed by atoms with Crippen molar-refractivity contribution in [2.24, 2.45) is 11.8 Å². The summed E-state index contributed by atoms with van der Waals surface area (Å²) in [7, 11) is 0. The molecule has 1 fully saturated rings. The van der Waals surface area contributed by atoms with Crippen molar-refractivity contribution in [3.8, 4) is 0 Å². The zero-order chi connectivity index (χ0) is 8.55. The van der Waals surface area contributed by atoms with Crippen molar-refractivity contribution >= 4 is 0 Å². The third-order valence-corrected chi connectivity index (χ3v) is 3.16. The third kappa shape index (κ3) is 1.36. The van der Waals surface area contributed by atoms with E-state index >= 15 is 0 Å². The second kappa shape index (κ2) is 3.09. The van der Waals surface area contributed by atoms with Gasteiger partial charge in [-0.05, 0) is 31.3 Å². The largest absolute Gasteiger partial charge is 0.389 e. The molecule has 0 saturated carbocycles. The monoisotopic (exact) mass is 167 g/mol. The fourth-order valence-corrected chi connectivity index (χ4v) is 2.35. The minimum Gasteiger partial charge on any atom is -0.389 e. The van der Waals surface area contributed by atoms with Gasteiger partial charge in [0.1, 0.15) is 0 Å². The standard InChI is InChI=1S/C10H17NO/c1-7-4-5-11-10-6-8(12)2-3-9(7)10/h6-9,11-12H,2-5H2,1H3/t7-,8-,9?/m0/s1. The van der Waals surface area contributed by atoms with Crippen LogP contribution in [-0.2, 0) is 0 Å². The molecule has 0 aromatic heterocycles. The van der Waals surface area contributed by atoms with Crippen LogP contribution < -0.4 is 5.32 Å². The summed E-state index contributed by atoms with van der Waals surface area (Å²) < 4.78 is 0. The first kappa shape index (κ1) is 8.11. The Kier molecular flexibility index (Phi) is 2.09. The van der Waals surface area contributed by atoms with Gasteiger partial charge in [-0.2, -0.15) is 0 Å². The first-order valence-electron chi connectivity index (χ1n) is 4.91. The van der Waals surface area contributed by atoms with Crippen molar-refractivity contribution in [2.45, 2.75) is 32.3 Å². The molecule has 2 N–H and O–H groups in total. The maximum absolute atomic E-state index is 9.42. The summed E-state index contributed by atoms with van der Waals surface area (Å²) in [5, 5.41) is 12.8. The minimum atomic E-state index is -0.200. The predicted molar refractivity (Wildman–Crippen MR) is 48.6 cm³/mol. The zero-order valence-corrected chi connectivity index (χ0v) is 7.59. The average Bonchev–Trinajstić information content (AvgIpc) is 2.04. The molecule has 2 heteroatoms. The summed E-state index contributed by atoms with van der Waals surface area (Å²) in [5.41, 5.74) is 1.30. The van der Waals surface area contributed by atoms with E-state index in [1.165, 1.54) is 12.1 Å². The van der Waals surface area contributed by atoms with E-state index in [0.29, 0.717) is 5.92 Å².